The monoisotopic (exact) mass is 419 g/mol. The first-order valence-corrected chi connectivity index (χ1v) is 12.7. The zero-order chi connectivity index (χ0) is 22.3. The molecule has 11 heteroatoms. The lowest BCUT2D eigenvalue weighted by atomic mass is 10.1. The Kier molecular flexibility index (Phi) is 9.62. The summed E-state index contributed by atoms with van der Waals surface area (Å²) in [5, 5.41) is 9.41. The van der Waals surface area contributed by atoms with Gasteiger partial charge < -0.3 is 26.0 Å². The average Bonchev–Trinajstić information content (AvgIpc) is 2.46. The van der Waals surface area contributed by atoms with Crippen molar-refractivity contribution in [3.8, 4) is 0 Å². The van der Waals surface area contributed by atoms with E-state index in [1.807, 2.05) is 0 Å². The van der Waals surface area contributed by atoms with Gasteiger partial charge in [-0.05, 0) is 26.8 Å². The first kappa shape index (κ1) is 25.9. The maximum Gasteiger partial charge on any atom is 0.411 e. The van der Waals surface area contributed by atoms with E-state index in [4.69, 9.17) is 20.9 Å². The van der Waals surface area contributed by atoms with E-state index in [9.17, 15) is 24.3 Å². The molecular formula is C17H33N3O7Si. The number of nitrogens with zero attached hydrogens (tertiary/aromatic N) is 1. The lowest BCUT2D eigenvalue weighted by Gasteiger charge is -2.32. The first-order valence-electron chi connectivity index (χ1n) is 8.96. The Balaban J connectivity index is 5.33. The van der Waals surface area contributed by atoms with E-state index in [1.165, 1.54) is 0 Å². The molecule has 0 rings (SSSR count). The average molecular weight is 420 g/mol. The Bertz CT molecular complexity index is 584. The van der Waals surface area contributed by atoms with Crippen molar-refractivity contribution in [2.75, 3.05) is 13.2 Å². The second-order valence-electron chi connectivity index (χ2n) is 8.74. The Morgan fingerprint density at radius 2 is 1.68 bits per heavy atom. The minimum atomic E-state index is -1.62. The van der Waals surface area contributed by atoms with Gasteiger partial charge in [-0.25, -0.2) is 9.59 Å². The molecule has 0 fully saturated rings. The van der Waals surface area contributed by atoms with Gasteiger partial charge in [0.05, 0.1) is 19.6 Å². The number of nitrogens with two attached hydrogens (primary N) is 2. The van der Waals surface area contributed by atoms with Crippen molar-refractivity contribution < 1.29 is 33.8 Å². The van der Waals surface area contributed by atoms with Crippen molar-refractivity contribution >= 4 is 32.0 Å². The highest BCUT2D eigenvalue weighted by Crippen LogP contribution is 2.15. The van der Waals surface area contributed by atoms with Crippen LogP contribution in [-0.2, 0) is 23.9 Å². The third kappa shape index (κ3) is 10.9. The summed E-state index contributed by atoms with van der Waals surface area (Å²) in [6.45, 7) is 10.8. The predicted octanol–water partition coefficient (Wildman–Crippen LogP) is 0.761. The lowest BCUT2D eigenvalue weighted by molar-refractivity contribution is -0.148. The van der Waals surface area contributed by atoms with Gasteiger partial charge in [-0.2, -0.15) is 0 Å². The largest absolute Gasteiger partial charge is 0.480 e. The van der Waals surface area contributed by atoms with Crippen LogP contribution in [-0.4, -0.2) is 72.9 Å². The Hall–Kier alpha value is -2.14. The van der Waals surface area contributed by atoms with Crippen LogP contribution in [0, 0.1) is 0 Å². The normalized spacial score (nSPS) is 14.0. The van der Waals surface area contributed by atoms with E-state index >= 15 is 0 Å². The zero-order valence-electron chi connectivity index (χ0n) is 17.5. The van der Waals surface area contributed by atoms with Gasteiger partial charge >= 0.3 is 18.0 Å². The van der Waals surface area contributed by atoms with Gasteiger partial charge in [-0.3, -0.25) is 14.5 Å². The maximum absolute atomic E-state index is 12.5. The number of carboxylic acid groups (broad SMARTS) is 1. The highest BCUT2D eigenvalue weighted by Gasteiger charge is 2.36. The number of carboxylic acids is 1. The van der Waals surface area contributed by atoms with E-state index in [0.29, 0.717) is 0 Å². The van der Waals surface area contributed by atoms with Gasteiger partial charge in [0.25, 0.3) is 0 Å². The molecule has 5 N–H and O–H groups in total. The molecule has 0 aromatic rings. The van der Waals surface area contributed by atoms with Gasteiger partial charge in [-0.15, -0.1) is 0 Å². The van der Waals surface area contributed by atoms with Crippen molar-refractivity contribution in [2.45, 2.75) is 70.6 Å². The molecule has 0 bridgehead atoms. The van der Waals surface area contributed by atoms with Gasteiger partial charge in [0.15, 0.2) is 0 Å². The SMILES string of the molecule is CC(C)(C)OC(=O)N(C[C@@H](N)C(=O)OCC[Si](C)(C)C)[C@@H](CC(N)=O)C(=O)O. The van der Waals surface area contributed by atoms with E-state index in [1.54, 1.807) is 20.8 Å². The first-order chi connectivity index (χ1) is 12.5. The Morgan fingerprint density at radius 1 is 1.14 bits per heavy atom. The molecule has 0 radical (unpaired) electrons. The molecule has 10 nitrogen and oxygen atoms in total. The van der Waals surface area contributed by atoms with Crippen molar-refractivity contribution in [1.82, 2.24) is 4.90 Å². The molecule has 162 valence electrons. The number of primary amides is 1. The number of carbonyl (C=O) groups excluding carboxylic acids is 3. The number of amides is 2. The molecule has 0 aliphatic carbocycles. The fourth-order valence-electron chi connectivity index (χ4n) is 2.02. The minimum absolute atomic E-state index is 0.193. The van der Waals surface area contributed by atoms with E-state index in [2.05, 4.69) is 19.6 Å². The molecule has 0 spiro atoms. The summed E-state index contributed by atoms with van der Waals surface area (Å²) in [6, 6.07) is -2.18. The molecule has 0 heterocycles. The summed E-state index contributed by atoms with van der Waals surface area (Å²) < 4.78 is 10.3. The van der Waals surface area contributed by atoms with Crippen molar-refractivity contribution in [3.63, 3.8) is 0 Å². The third-order valence-corrected chi connectivity index (χ3v) is 5.18. The molecule has 0 saturated carbocycles. The Labute approximate surface area is 166 Å². The van der Waals surface area contributed by atoms with Gasteiger partial charge in [0, 0.05) is 8.07 Å². The smallest absolute Gasteiger partial charge is 0.411 e. The number of aliphatic carboxylic acids is 1. The van der Waals surface area contributed by atoms with Crippen LogP contribution in [0.25, 0.3) is 0 Å². The molecule has 0 aromatic carbocycles. The van der Waals surface area contributed by atoms with Crippen molar-refractivity contribution in [1.29, 1.82) is 0 Å². The van der Waals surface area contributed by atoms with Crippen LogP contribution in [0.4, 0.5) is 4.79 Å². The van der Waals surface area contributed by atoms with Crippen LogP contribution < -0.4 is 11.5 Å². The number of esters is 1. The summed E-state index contributed by atoms with van der Waals surface area (Å²) in [4.78, 5) is 48.2. The van der Waals surface area contributed by atoms with Crippen LogP contribution >= 0.6 is 0 Å². The van der Waals surface area contributed by atoms with Crippen LogP contribution in [0.2, 0.25) is 25.7 Å². The highest BCUT2D eigenvalue weighted by atomic mass is 28.3. The summed E-state index contributed by atoms with van der Waals surface area (Å²) in [6.07, 6.45) is -1.67. The molecule has 0 aliphatic heterocycles. The molecule has 28 heavy (non-hydrogen) atoms. The topological polar surface area (TPSA) is 162 Å². The quantitative estimate of drug-likeness (QED) is 0.345. The van der Waals surface area contributed by atoms with Crippen LogP contribution in [0.5, 0.6) is 0 Å². The van der Waals surface area contributed by atoms with E-state index < -0.39 is 62.7 Å². The van der Waals surface area contributed by atoms with Crippen LogP contribution in [0.1, 0.15) is 27.2 Å². The maximum atomic E-state index is 12.5. The fraction of sp³-hybridized carbons (Fsp3) is 0.765. The standard InChI is InChI=1S/C17H33N3O7Si/c1-17(2,3)27-16(25)20(12(14(22)23)9-13(19)21)10-11(18)15(24)26-7-8-28(4,5)6/h11-12H,7-10,18H2,1-6H3,(H2,19,21)(H,22,23)/t11-,12+/m1/s1. The predicted molar refractivity (Wildman–Crippen MR) is 105 cm³/mol. The number of ether oxygens (including phenoxy) is 2. The van der Waals surface area contributed by atoms with Crippen molar-refractivity contribution in [2.24, 2.45) is 11.5 Å². The van der Waals surface area contributed by atoms with E-state index in [-0.39, 0.29) is 6.61 Å². The molecular weight excluding hydrogens is 386 g/mol. The second kappa shape index (κ2) is 10.4. The third-order valence-electron chi connectivity index (χ3n) is 3.48. The molecule has 0 aromatic heterocycles. The number of hydrogen-bond donors (Lipinski definition) is 3. The molecule has 0 aliphatic rings. The lowest BCUT2D eigenvalue weighted by Crippen LogP contribution is -2.54. The summed E-state index contributed by atoms with van der Waals surface area (Å²) in [7, 11) is -1.42. The van der Waals surface area contributed by atoms with Crippen LogP contribution in [0.3, 0.4) is 0 Å². The number of carbonyl (C=O) groups is 4. The van der Waals surface area contributed by atoms with Crippen LogP contribution in [0.15, 0.2) is 0 Å². The van der Waals surface area contributed by atoms with Gasteiger partial charge in [0.1, 0.15) is 17.7 Å². The summed E-state index contributed by atoms with van der Waals surface area (Å²) in [5.74, 6) is -3.16. The zero-order valence-corrected chi connectivity index (χ0v) is 18.5. The molecule has 2 atom stereocenters. The van der Waals surface area contributed by atoms with Crippen molar-refractivity contribution in [3.05, 3.63) is 0 Å². The molecule has 0 unspecified atom stereocenters. The molecule has 0 saturated heterocycles. The highest BCUT2D eigenvalue weighted by molar-refractivity contribution is 6.76. The molecule has 2 amide bonds. The van der Waals surface area contributed by atoms with E-state index in [0.717, 1.165) is 10.9 Å². The Morgan fingerprint density at radius 3 is 2.07 bits per heavy atom. The second-order valence-corrected chi connectivity index (χ2v) is 14.4. The van der Waals surface area contributed by atoms with Gasteiger partial charge in [0.2, 0.25) is 5.91 Å². The summed E-state index contributed by atoms with van der Waals surface area (Å²) in [5.41, 5.74) is 9.99. The number of rotatable bonds is 10. The van der Waals surface area contributed by atoms with Gasteiger partial charge in [-0.1, -0.05) is 19.6 Å². The minimum Gasteiger partial charge on any atom is -0.480 e. The number of hydrogen-bond acceptors (Lipinski definition) is 7. The summed E-state index contributed by atoms with van der Waals surface area (Å²) >= 11 is 0. The fourth-order valence-corrected chi connectivity index (χ4v) is 2.74.